The number of nitrogens with one attached hydrogen (secondary N) is 1. The molecule has 6 heteroatoms. The molecule has 0 aliphatic carbocycles. The zero-order valence-electron chi connectivity index (χ0n) is 10.1. The molecule has 0 unspecified atom stereocenters. The minimum absolute atomic E-state index is 0.126. The van der Waals surface area contributed by atoms with Crippen LogP contribution >= 0.6 is 0 Å². The number of nitriles is 1. The number of carbonyl (C=O) groups excluding carboxylic acids is 1. The highest BCUT2D eigenvalue weighted by Crippen LogP contribution is 2.24. The second kappa shape index (κ2) is 5.28. The van der Waals surface area contributed by atoms with E-state index in [4.69, 9.17) is 5.26 Å². The number of hydrogen-bond donors (Lipinski definition) is 3. The van der Waals surface area contributed by atoms with Crippen LogP contribution in [-0.2, 0) is 0 Å². The fourth-order valence-electron chi connectivity index (χ4n) is 1.58. The van der Waals surface area contributed by atoms with Gasteiger partial charge in [0.25, 0.3) is 5.91 Å². The van der Waals surface area contributed by atoms with Crippen LogP contribution < -0.4 is 5.32 Å². The van der Waals surface area contributed by atoms with E-state index in [1.807, 2.05) is 0 Å². The molecule has 2 aromatic rings. The van der Waals surface area contributed by atoms with E-state index in [0.717, 1.165) is 18.2 Å². The molecule has 0 aromatic heterocycles. The maximum Gasteiger partial charge on any atom is 0.259 e. The Bertz CT molecular complexity index is 723. The van der Waals surface area contributed by atoms with Gasteiger partial charge < -0.3 is 15.5 Å². The summed E-state index contributed by atoms with van der Waals surface area (Å²) in [6, 6.07) is 8.78. The highest BCUT2D eigenvalue weighted by molar-refractivity contribution is 6.06. The third kappa shape index (κ3) is 2.67. The summed E-state index contributed by atoms with van der Waals surface area (Å²) in [6.45, 7) is 0. The number of benzene rings is 2. The molecule has 100 valence electrons. The lowest BCUT2D eigenvalue weighted by Crippen LogP contribution is -2.13. The van der Waals surface area contributed by atoms with Crippen molar-refractivity contribution >= 4 is 11.6 Å². The van der Waals surface area contributed by atoms with Gasteiger partial charge in [0.05, 0.1) is 22.9 Å². The van der Waals surface area contributed by atoms with Gasteiger partial charge in [-0.1, -0.05) is 0 Å². The Kier molecular flexibility index (Phi) is 3.53. The molecule has 0 saturated heterocycles. The summed E-state index contributed by atoms with van der Waals surface area (Å²) < 4.78 is 13.6. The zero-order chi connectivity index (χ0) is 14.7. The van der Waals surface area contributed by atoms with Crippen LogP contribution in [0.5, 0.6) is 11.5 Å². The number of hydrogen-bond acceptors (Lipinski definition) is 4. The number of anilines is 1. The van der Waals surface area contributed by atoms with E-state index in [-0.39, 0.29) is 28.3 Å². The SMILES string of the molecule is N#Cc1ccc(NC(=O)c2cc(O)ccc2O)c(F)c1. The first kappa shape index (κ1) is 13.4. The molecule has 0 radical (unpaired) electrons. The number of amides is 1. The average molecular weight is 272 g/mol. The van der Waals surface area contributed by atoms with Crippen molar-refractivity contribution < 1.29 is 19.4 Å². The standard InChI is InChI=1S/C14H9FN2O3/c15-11-5-8(7-16)1-3-12(11)17-14(20)10-6-9(18)2-4-13(10)19/h1-6,18-19H,(H,17,20). The van der Waals surface area contributed by atoms with Gasteiger partial charge >= 0.3 is 0 Å². The van der Waals surface area contributed by atoms with Crippen molar-refractivity contribution in [3.63, 3.8) is 0 Å². The molecule has 0 saturated carbocycles. The normalized spacial score (nSPS) is 9.80. The molecule has 0 spiro atoms. The Morgan fingerprint density at radius 3 is 2.60 bits per heavy atom. The van der Waals surface area contributed by atoms with E-state index in [0.29, 0.717) is 0 Å². The summed E-state index contributed by atoms with van der Waals surface area (Å²) in [6.07, 6.45) is 0. The van der Waals surface area contributed by atoms with Crippen LogP contribution in [0.15, 0.2) is 36.4 Å². The largest absolute Gasteiger partial charge is 0.508 e. The number of aromatic hydroxyl groups is 2. The maximum absolute atomic E-state index is 13.6. The van der Waals surface area contributed by atoms with Crippen LogP contribution in [0.2, 0.25) is 0 Å². The molecule has 20 heavy (non-hydrogen) atoms. The number of phenolic OH excluding ortho intramolecular Hbond substituents is 2. The van der Waals surface area contributed by atoms with Crippen molar-refractivity contribution in [2.24, 2.45) is 0 Å². The van der Waals surface area contributed by atoms with E-state index < -0.39 is 11.7 Å². The van der Waals surface area contributed by atoms with Crippen LogP contribution in [0.4, 0.5) is 10.1 Å². The first-order chi connectivity index (χ1) is 9.51. The van der Waals surface area contributed by atoms with Gasteiger partial charge in [-0.15, -0.1) is 0 Å². The first-order valence-corrected chi connectivity index (χ1v) is 5.54. The van der Waals surface area contributed by atoms with Crippen LogP contribution in [0.3, 0.4) is 0 Å². The van der Waals surface area contributed by atoms with E-state index >= 15 is 0 Å². The molecule has 0 bridgehead atoms. The van der Waals surface area contributed by atoms with Crippen molar-refractivity contribution in [2.75, 3.05) is 5.32 Å². The Morgan fingerprint density at radius 2 is 1.95 bits per heavy atom. The number of carbonyl (C=O) groups is 1. The summed E-state index contributed by atoms with van der Waals surface area (Å²) in [5, 5.41) is 29.7. The zero-order valence-corrected chi connectivity index (χ0v) is 10.1. The smallest absolute Gasteiger partial charge is 0.259 e. The second-order valence-electron chi connectivity index (χ2n) is 3.96. The Labute approximate surface area is 113 Å². The van der Waals surface area contributed by atoms with E-state index in [1.54, 1.807) is 6.07 Å². The third-order valence-corrected chi connectivity index (χ3v) is 2.57. The van der Waals surface area contributed by atoms with Gasteiger partial charge in [0, 0.05) is 0 Å². The minimum Gasteiger partial charge on any atom is -0.508 e. The van der Waals surface area contributed by atoms with Gasteiger partial charge in [-0.3, -0.25) is 4.79 Å². The van der Waals surface area contributed by atoms with Crippen molar-refractivity contribution in [2.45, 2.75) is 0 Å². The van der Waals surface area contributed by atoms with Crippen molar-refractivity contribution in [3.05, 3.63) is 53.3 Å². The first-order valence-electron chi connectivity index (χ1n) is 5.54. The lowest BCUT2D eigenvalue weighted by Gasteiger charge is -2.08. The molecule has 0 heterocycles. The van der Waals surface area contributed by atoms with Gasteiger partial charge in [0.1, 0.15) is 17.3 Å². The fourth-order valence-corrected chi connectivity index (χ4v) is 1.58. The lowest BCUT2D eigenvalue weighted by atomic mass is 10.1. The number of nitrogens with zero attached hydrogens (tertiary/aromatic N) is 1. The molecule has 0 atom stereocenters. The predicted octanol–water partition coefficient (Wildman–Crippen LogP) is 2.36. The topological polar surface area (TPSA) is 93.4 Å². The summed E-state index contributed by atoms with van der Waals surface area (Å²) in [4.78, 5) is 11.9. The van der Waals surface area contributed by atoms with Gasteiger partial charge in [0.2, 0.25) is 0 Å². The quantitative estimate of drug-likeness (QED) is 0.731. The molecule has 5 nitrogen and oxygen atoms in total. The second-order valence-corrected chi connectivity index (χ2v) is 3.96. The fraction of sp³-hybridized carbons (Fsp3) is 0. The van der Waals surface area contributed by atoms with E-state index in [9.17, 15) is 19.4 Å². The van der Waals surface area contributed by atoms with Crippen molar-refractivity contribution in [1.29, 1.82) is 5.26 Å². The maximum atomic E-state index is 13.6. The number of halogens is 1. The van der Waals surface area contributed by atoms with Crippen molar-refractivity contribution in [3.8, 4) is 17.6 Å². The Balaban J connectivity index is 2.28. The Hall–Kier alpha value is -3.07. The number of phenols is 2. The average Bonchev–Trinajstić information content (AvgIpc) is 2.43. The highest BCUT2D eigenvalue weighted by atomic mass is 19.1. The van der Waals surface area contributed by atoms with E-state index in [2.05, 4.69) is 5.32 Å². The van der Waals surface area contributed by atoms with Crippen LogP contribution in [0, 0.1) is 17.1 Å². The predicted molar refractivity (Wildman–Crippen MR) is 68.8 cm³/mol. The third-order valence-electron chi connectivity index (χ3n) is 2.57. The monoisotopic (exact) mass is 272 g/mol. The van der Waals surface area contributed by atoms with Crippen LogP contribution in [0.25, 0.3) is 0 Å². The van der Waals surface area contributed by atoms with Crippen LogP contribution in [-0.4, -0.2) is 16.1 Å². The summed E-state index contributed by atoms with van der Waals surface area (Å²) >= 11 is 0. The Morgan fingerprint density at radius 1 is 1.20 bits per heavy atom. The molecular weight excluding hydrogens is 263 g/mol. The summed E-state index contributed by atoms with van der Waals surface area (Å²) in [5.74, 6) is -2.08. The van der Waals surface area contributed by atoms with E-state index in [1.165, 1.54) is 18.2 Å². The van der Waals surface area contributed by atoms with Gasteiger partial charge in [-0.2, -0.15) is 5.26 Å². The van der Waals surface area contributed by atoms with Crippen LogP contribution in [0.1, 0.15) is 15.9 Å². The lowest BCUT2D eigenvalue weighted by molar-refractivity contribution is 0.102. The molecule has 3 N–H and O–H groups in total. The number of rotatable bonds is 2. The van der Waals surface area contributed by atoms with Gasteiger partial charge in [-0.25, -0.2) is 4.39 Å². The molecule has 0 aliphatic heterocycles. The molecule has 2 rings (SSSR count). The van der Waals surface area contributed by atoms with Crippen molar-refractivity contribution in [1.82, 2.24) is 0 Å². The molecule has 2 aromatic carbocycles. The highest BCUT2D eigenvalue weighted by Gasteiger charge is 2.14. The summed E-state index contributed by atoms with van der Waals surface area (Å²) in [5.41, 5.74) is -0.189. The molecule has 1 amide bonds. The summed E-state index contributed by atoms with van der Waals surface area (Å²) in [7, 11) is 0. The van der Waals surface area contributed by atoms with Gasteiger partial charge in [0.15, 0.2) is 0 Å². The van der Waals surface area contributed by atoms with Gasteiger partial charge in [-0.05, 0) is 36.4 Å². The molecular formula is C14H9FN2O3. The molecule has 0 fully saturated rings. The minimum atomic E-state index is -0.776. The molecule has 0 aliphatic rings.